The Balaban J connectivity index is 1.37. The first-order valence-corrected chi connectivity index (χ1v) is 12.3. The number of anilines is 1. The minimum atomic E-state index is -0.531. The highest BCUT2D eigenvalue weighted by molar-refractivity contribution is 5.84. The molecule has 2 amide bonds. The number of morpholine rings is 1. The maximum atomic E-state index is 12.5. The van der Waals surface area contributed by atoms with Gasteiger partial charge in [-0.1, -0.05) is 36.4 Å². The van der Waals surface area contributed by atoms with Gasteiger partial charge < -0.3 is 14.8 Å². The molecule has 0 unspecified atom stereocenters. The molecule has 37 heavy (non-hydrogen) atoms. The minimum absolute atomic E-state index is 0.0127. The highest BCUT2D eigenvalue weighted by atomic mass is 16.5. The summed E-state index contributed by atoms with van der Waals surface area (Å²) in [6, 6.07) is 18.1. The van der Waals surface area contributed by atoms with Crippen LogP contribution in [-0.2, 0) is 27.4 Å². The molecule has 3 aromatic rings. The van der Waals surface area contributed by atoms with Crippen molar-refractivity contribution < 1.29 is 19.1 Å². The first-order valence-electron chi connectivity index (χ1n) is 12.3. The fraction of sp³-hybridized carbons (Fsp3) is 0.333. The molecule has 1 saturated heterocycles. The van der Waals surface area contributed by atoms with Gasteiger partial charge in [0.1, 0.15) is 0 Å². The first-order chi connectivity index (χ1) is 18.0. The maximum absolute atomic E-state index is 12.5. The van der Waals surface area contributed by atoms with Crippen LogP contribution in [-0.4, -0.2) is 66.1 Å². The van der Waals surface area contributed by atoms with E-state index in [2.05, 4.69) is 20.6 Å². The summed E-state index contributed by atoms with van der Waals surface area (Å²) in [4.78, 5) is 38.5. The van der Waals surface area contributed by atoms with Gasteiger partial charge in [-0.3, -0.25) is 19.8 Å². The van der Waals surface area contributed by atoms with Gasteiger partial charge in [0.05, 0.1) is 38.6 Å². The SMILES string of the molecule is CCOC(=O)Nc1cccc(Cn2nc(-c3ccc(CNC(=O)CN4CCOCC4)cc3)ccc2=O)c1. The Labute approximate surface area is 215 Å². The Bertz CT molecular complexity index is 1270. The van der Waals surface area contributed by atoms with Crippen LogP contribution >= 0.6 is 0 Å². The molecule has 2 heterocycles. The predicted molar refractivity (Wildman–Crippen MR) is 139 cm³/mol. The zero-order valence-electron chi connectivity index (χ0n) is 20.8. The zero-order chi connectivity index (χ0) is 26.0. The van der Waals surface area contributed by atoms with Gasteiger partial charge in [-0.25, -0.2) is 9.48 Å². The number of carbonyl (C=O) groups is 2. The van der Waals surface area contributed by atoms with E-state index in [-0.39, 0.29) is 24.6 Å². The summed E-state index contributed by atoms with van der Waals surface area (Å²) in [5.74, 6) is -0.0127. The molecular weight excluding hydrogens is 474 g/mol. The average molecular weight is 506 g/mol. The van der Waals surface area contributed by atoms with Crippen molar-refractivity contribution in [3.8, 4) is 11.3 Å². The largest absolute Gasteiger partial charge is 0.450 e. The summed E-state index contributed by atoms with van der Waals surface area (Å²) in [6.07, 6.45) is -0.531. The van der Waals surface area contributed by atoms with E-state index in [0.29, 0.717) is 37.7 Å². The zero-order valence-corrected chi connectivity index (χ0v) is 20.8. The van der Waals surface area contributed by atoms with Crippen LogP contribution in [0, 0.1) is 0 Å². The monoisotopic (exact) mass is 505 g/mol. The molecule has 2 N–H and O–H groups in total. The van der Waals surface area contributed by atoms with Crippen molar-refractivity contribution in [2.75, 3.05) is 44.8 Å². The summed E-state index contributed by atoms with van der Waals surface area (Å²) in [5, 5.41) is 10.2. The quantitative estimate of drug-likeness (QED) is 0.459. The number of hydrogen-bond donors (Lipinski definition) is 2. The fourth-order valence-electron chi connectivity index (χ4n) is 3.93. The summed E-state index contributed by atoms with van der Waals surface area (Å²) in [7, 11) is 0. The van der Waals surface area contributed by atoms with Crippen LogP contribution in [0.3, 0.4) is 0 Å². The highest BCUT2D eigenvalue weighted by Gasteiger charge is 2.14. The van der Waals surface area contributed by atoms with Crippen LogP contribution in [0.4, 0.5) is 10.5 Å². The molecule has 0 spiro atoms. The van der Waals surface area contributed by atoms with Crippen LogP contribution in [0.1, 0.15) is 18.1 Å². The summed E-state index contributed by atoms with van der Waals surface area (Å²) in [6.45, 7) is 5.94. The van der Waals surface area contributed by atoms with Gasteiger partial charge in [0, 0.05) is 37.0 Å². The topological polar surface area (TPSA) is 115 Å². The Hall–Kier alpha value is -4.02. The third-order valence-corrected chi connectivity index (χ3v) is 5.86. The van der Waals surface area contributed by atoms with E-state index in [9.17, 15) is 14.4 Å². The van der Waals surface area contributed by atoms with E-state index in [4.69, 9.17) is 9.47 Å². The van der Waals surface area contributed by atoms with Gasteiger partial charge in [-0.15, -0.1) is 0 Å². The summed E-state index contributed by atoms with van der Waals surface area (Å²) < 4.78 is 11.6. The van der Waals surface area contributed by atoms with Crippen molar-refractivity contribution in [1.82, 2.24) is 20.0 Å². The van der Waals surface area contributed by atoms with Gasteiger partial charge in [0.15, 0.2) is 0 Å². The maximum Gasteiger partial charge on any atom is 0.411 e. The molecular formula is C27H31N5O5. The Morgan fingerprint density at radius 2 is 1.81 bits per heavy atom. The van der Waals surface area contributed by atoms with Gasteiger partial charge in [-0.05, 0) is 36.2 Å². The lowest BCUT2D eigenvalue weighted by Crippen LogP contribution is -2.43. The van der Waals surface area contributed by atoms with E-state index in [0.717, 1.165) is 29.8 Å². The second-order valence-electron chi connectivity index (χ2n) is 8.62. The second-order valence-corrected chi connectivity index (χ2v) is 8.62. The van der Waals surface area contributed by atoms with Crippen molar-refractivity contribution in [3.63, 3.8) is 0 Å². The van der Waals surface area contributed by atoms with E-state index < -0.39 is 6.09 Å². The lowest BCUT2D eigenvalue weighted by molar-refractivity contribution is -0.123. The third-order valence-electron chi connectivity index (χ3n) is 5.86. The molecule has 0 atom stereocenters. The van der Waals surface area contributed by atoms with Crippen molar-refractivity contribution in [2.45, 2.75) is 20.0 Å². The fourth-order valence-corrected chi connectivity index (χ4v) is 3.93. The number of aromatic nitrogens is 2. The van der Waals surface area contributed by atoms with Crippen LogP contribution < -0.4 is 16.2 Å². The Morgan fingerprint density at radius 1 is 1.03 bits per heavy atom. The van der Waals surface area contributed by atoms with Crippen LogP contribution in [0.15, 0.2) is 65.5 Å². The van der Waals surface area contributed by atoms with Crippen molar-refractivity contribution in [3.05, 3.63) is 82.1 Å². The molecule has 1 aliphatic heterocycles. The van der Waals surface area contributed by atoms with E-state index in [1.807, 2.05) is 30.3 Å². The molecule has 1 aliphatic rings. The van der Waals surface area contributed by atoms with E-state index >= 15 is 0 Å². The van der Waals surface area contributed by atoms with Crippen LogP contribution in [0.25, 0.3) is 11.3 Å². The molecule has 0 radical (unpaired) electrons. The number of hydrogen-bond acceptors (Lipinski definition) is 7. The highest BCUT2D eigenvalue weighted by Crippen LogP contribution is 2.17. The number of carbonyl (C=O) groups excluding carboxylic acids is 2. The number of ether oxygens (including phenoxy) is 2. The molecule has 2 aromatic carbocycles. The van der Waals surface area contributed by atoms with Gasteiger partial charge in [0.25, 0.3) is 5.56 Å². The van der Waals surface area contributed by atoms with Crippen LogP contribution in [0.2, 0.25) is 0 Å². The average Bonchev–Trinajstić information content (AvgIpc) is 2.90. The van der Waals surface area contributed by atoms with Crippen LogP contribution in [0.5, 0.6) is 0 Å². The van der Waals surface area contributed by atoms with Gasteiger partial charge >= 0.3 is 6.09 Å². The number of amides is 2. The smallest absolute Gasteiger partial charge is 0.411 e. The van der Waals surface area contributed by atoms with E-state index in [1.54, 1.807) is 31.2 Å². The molecule has 1 fully saturated rings. The van der Waals surface area contributed by atoms with E-state index in [1.165, 1.54) is 10.7 Å². The second kappa shape index (κ2) is 12.8. The molecule has 4 rings (SSSR count). The van der Waals surface area contributed by atoms with Gasteiger partial charge in [-0.2, -0.15) is 5.10 Å². The number of nitrogens with zero attached hydrogens (tertiary/aromatic N) is 3. The standard InChI is InChI=1S/C27H31N5O5/c1-2-37-27(35)29-23-5-3-4-21(16-23)18-32-26(34)11-10-24(30-32)22-8-6-20(7-9-22)17-28-25(33)19-31-12-14-36-15-13-31/h3-11,16H,2,12-15,17-19H2,1H3,(H,28,33)(H,29,35). The molecule has 10 nitrogen and oxygen atoms in total. The number of nitrogens with one attached hydrogen (secondary N) is 2. The number of rotatable bonds is 9. The van der Waals surface area contributed by atoms with Gasteiger partial charge in [0.2, 0.25) is 5.91 Å². The Morgan fingerprint density at radius 3 is 2.57 bits per heavy atom. The summed E-state index contributed by atoms with van der Waals surface area (Å²) >= 11 is 0. The molecule has 0 bridgehead atoms. The van der Waals surface area contributed by atoms with Crippen molar-refractivity contribution in [1.29, 1.82) is 0 Å². The van der Waals surface area contributed by atoms with Crippen molar-refractivity contribution in [2.24, 2.45) is 0 Å². The molecule has 1 aromatic heterocycles. The molecule has 194 valence electrons. The third kappa shape index (κ3) is 7.73. The molecule has 0 aliphatic carbocycles. The predicted octanol–water partition coefficient (Wildman–Crippen LogP) is 2.48. The summed E-state index contributed by atoms with van der Waals surface area (Å²) in [5.41, 5.74) is 3.64. The molecule has 10 heteroatoms. The van der Waals surface area contributed by atoms with Crippen molar-refractivity contribution >= 4 is 17.7 Å². The minimum Gasteiger partial charge on any atom is -0.450 e. The first kappa shape index (κ1) is 26.1. The Kier molecular flexibility index (Phi) is 9.01. The molecule has 0 saturated carbocycles. The lowest BCUT2D eigenvalue weighted by Gasteiger charge is -2.25. The normalized spacial score (nSPS) is 13.6. The lowest BCUT2D eigenvalue weighted by atomic mass is 10.1. The number of benzene rings is 2.